The van der Waals surface area contributed by atoms with Crippen LogP contribution < -0.4 is 0 Å². The van der Waals surface area contributed by atoms with E-state index in [1.165, 1.54) is 6.20 Å². The van der Waals surface area contributed by atoms with Crippen LogP contribution in [0, 0.1) is 11.3 Å². The molecule has 0 N–H and O–H groups in total. The first-order chi connectivity index (χ1) is 10.6. The summed E-state index contributed by atoms with van der Waals surface area (Å²) < 4.78 is 0. The fourth-order valence-corrected chi connectivity index (χ4v) is 2.32. The molecule has 5 heteroatoms. The highest BCUT2D eigenvalue weighted by molar-refractivity contribution is 6.29. The van der Waals surface area contributed by atoms with Gasteiger partial charge in [0.25, 0.3) is 5.91 Å². The Labute approximate surface area is 135 Å². The summed E-state index contributed by atoms with van der Waals surface area (Å²) in [5.74, 6) is -0.0736. The molecule has 0 bridgehead atoms. The molecular formula is C17H16ClN3O. The van der Waals surface area contributed by atoms with Crippen molar-refractivity contribution in [2.24, 2.45) is 0 Å². The van der Waals surface area contributed by atoms with Crippen LogP contribution in [0.2, 0.25) is 5.15 Å². The van der Waals surface area contributed by atoms with Crippen molar-refractivity contribution in [1.82, 2.24) is 9.88 Å². The maximum absolute atomic E-state index is 12.6. The van der Waals surface area contributed by atoms with Crippen molar-refractivity contribution in [2.75, 3.05) is 6.54 Å². The van der Waals surface area contributed by atoms with Crippen molar-refractivity contribution >= 4 is 17.5 Å². The molecule has 0 aliphatic heterocycles. The average molecular weight is 314 g/mol. The lowest BCUT2D eigenvalue weighted by Gasteiger charge is -2.22. The van der Waals surface area contributed by atoms with E-state index in [1.807, 2.05) is 19.1 Å². The number of carbonyl (C=O) groups is 1. The Bertz CT molecular complexity index is 692. The predicted molar refractivity (Wildman–Crippen MR) is 85.4 cm³/mol. The number of benzene rings is 1. The summed E-state index contributed by atoms with van der Waals surface area (Å²) in [6, 6.07) is 12.6. The van der Waals surface area contributed by atoms with Gasteiger partial charge in [0.05, 0.1) is 11.6 Å². The third kappa shape index (κ3) is 4.06. The highest BCUT2D eigenvalue weighted by Crippen LogP contribution is 2.14. The smallest absolute Gasteiger partial charge is 0.254 e. The molecule has 1 aromatic heterocycles. The van der Waals surface area contributed by atoms with Crippen LogP contribution in [0.3, 0.4) is 0 Å². The van der Waals surface area contributed by atoms with E-state index in [0.29, 0.717) is 29.4 Å². The van der Waals surface area contributed by atoms with Crippen LogP contribution in [-0.4, -0.2) is 22.3 Å². The monoisotopic (exact) mass is 313 g/mol. The summed E-state index contributed by atoms with van der Waals surface area (Å²) in [6.45, 7) is 3.18. The van der Waals surface area contributed by atoms with Gasteiger partial charge in [-0.25, -0.2) is 4.98 Å². The van der Waals surface area contributed by atoms with Crippen LogP contribution in [0.5, 0.6) is 0 Å². The fraction of sp³-hybridized carbons (Fsp3) is 0.235. The maximum Gasteiger partial charge on any atom is 0.254 e. The molecule has 1 amide bonds. The number of pyridine rings is 1. The largest absolute Gasteiger partial charge is 0.334 e. The van der Waals surface area contributed by atoms with Crippen molar-refractivity contribution in [3.05, 3.63) is 64.4 Å². The molecule has 1 aromatic carbocycles. The third-order valence-corrected chi connectivity index (χ3v) is 3.42. The normalized spacial score (nSPS) is 10.0. The Morgan fingerprint density at radius 1 is 1.32 bits per heavy atom. The Morgan fingerprint density at radius 2 is 2.05 bits per heavy atom. The second-order valence-corrected chi connectivity index (χ2v) is 5.29. The summed E-state index contributed by atoms with van der Waals surface area (Å²) in [6.07, 6.45) is 2.39. The predicted octanol–water partition coefficient (Wildman–Crippen LogP) is 3.66. The van der Waals surface area contributed by atoms with Gasteiger partial charge in [0.2, 0.25) is 0 Å². The molecule has 112 valence electrons. The van der Waals surface area contributed by atoms with E-state index >= 15 is 0 Å². The molecule has 0 fully saturated rings. The van der Waals surface area contributed by atoms with E-state index in [4.69, 9.17) is 16.9 Å². The zero-order chi connectivity index (χ0) is 15.9. The first-order valence-corrected chi connectivity index (χ1v) is 7.41. The standard InChI is InChI=1S/C17H16ClN3O/c1-2-9-21(12-14-5-3-13(11-19)4-6-14)17(22)15-7-8-20-16(18)10-15/h3-8,10H,2,9,12H2,1H3. The van der Waals surface area contributed by atoms with Gasteiger partial charge in [-0.1, -0.05) is 30.7 Å². The molecule has 0 aliphatic rings. The van der Waals surface area contributed by atoms with Gasteiger partial charge in [-0.05, 0) is 36.2 Å². The SMILES string of the molecule is CCCN(Cc1ccc(C#N)cc1)C(=O)c1ccnc(Cl)c1. The van der Waals surface area contributed by atoms with E-state index in [2.05, 4.69) is 11.1 Å². The molecule has 0 aliphatic carbocycles. The van der Waals surface area contributed by atoms with Gasteiger partial charge in [0.1, 0.15) is 5.15 Å². The topological polar surface area (TPSA) is 57.0 Å². The molecule has 2 rings (SSSR count). The summed E-state index contributed by atoms with van der Waals surface area (Å²) in [4.78, 5) is 18.3. The first kappa shape index (κ1) is 16.0. The van der Waals surface area contributed by atoms with Crippen LogP contribution in [0.4, 0.5) is 0 Å². The van der Waals surface area contributed by atoms with Crippen molar-refractivity contribution in [3.8, 4) is 6.07 Å². The molecule has 4 nitrogen and oxygen atoms in total. The van der Waals surface area contributed by atoms with Gasteiger partial charge in [-0.2, -0.15) is 5.26 Å². The number of aromatic nitrogens is 1. The number of nitrogens with zero attached hydrogens (tertiary/aromatic N) is 3. The zero-order valence-corrected chi connectivity index (χ0v) is 13.0. The van der Waals surface area contributed by atoms with Crippen LogP contribution in [-0.2, 0) is 6.54 Å². The Kier molecular flexibility index (Phi) is 5.51. The number of amides is 1. The Morgan fingerprint density at radius 3 is 2.64 bits per heavy atom. The van der Waals surface area contributed by atoms with Crippen LogP contribution in [0.1, 0.15) is 34.8 Å². The number of halogens is 1. The van der Waals surface area contributed by atoms with Gasteiger partial charge in [-0.15, -0.1) is 0 Å². The van der Waals surface area contributed by atoms with Crippen molar-refractivity contribution in [2.45, 2.75) is 19.9 Å². The third-order valence-electron chi connectivity index (χ3n) is 3.21. The molecule has 0 saturated heterocycles. The van der Waals surface area contributed by atoms with Crippen LogP contribution in [0.15, 0.2) is 42.6 Å². The minimum absolute atomic E-state index is 0.0736. The molecular weight excluding hydrogens is 298 g/mol. The minimum atomic E-state index is -0.0736. The number of nitriles is 1. The molecule has 0 radical (unpaired) electrons. The van der Waals surface area contributed by atoms with E-state index in [-0.39, 0.29) is 5.91 Å². The Balaban J connectivity index is 2.18. The second kappa shape index (κ2) is 7.58. The van der Waals surface area contributed by atoms with E-state index in [9.17, 15) is 4.79 Å². The summed E-state index contributed by atoms with van der Waals surface area (Å²) in [7, 11) is 0. The molecule has 0 spiro atoms. The van der Waals surface area contributed by atoms with Crippen molar-refractivity contribution < 1.29 is 4.79 Å². The van der Waals surface area contributed by atoms with Gasteiger partial charge in [0.15, 0.2) is 0 Å². The van der Waals surface area contributed by atoms with Crippen molar-refractivity contribution in [1.29, 1.82) is 5.26 Å². The summed E-state index contributed by atoms with van der Waals surface area (Å²) >= 11 is 5.85. The zero-order valence-electron chi connectivity index (χ0n) is 12.3. The van der Waals surface area contributed by atoms with Crippen LogP contribution in [0.25, 0.3) is 0 Å². The van der Waals surface area contributed by atoms with Crippen molar-refractivity contribution in [3.63, 3.8) is 0 Å². The highest BCUT2D eigenvalue weighted by atomic mass is 35.5. The number of hydrogen-bond donors (Lipinski definition) is 0. The number of hydrogen-bond acceptors (Lipinski definition) is 3. The van der Waals surface area contributed by atoms with E-state index in [1.54, 1.807) is 29.2 Å². The first-order valence-electron chi connectivity index (χ1n) is 7.04. The van der Waals surface area contributed by atoms with Gasteiger partial charge < -0.3 is 4.90 Å². The van der Waals surface area contributed by atoms with Gasteiger partial charge >= 0.3 is 0 Å². The summed E-state index contributed by atoms with van der Waals surface area (Å²) in [5, 5.41) is 9.13. The average Bonchev–Trinajstić information content (AvgIpc) is 2.54. The lowest BCUT2D eigenvalue weighted by Crippen LogP contribution is -2.31. The number of rotatable bonds is 5. The van der Waals surface area contributed by atoms with E-state index in [0.717, 1.165) is 12.0 Å². The molecule has 0 saturated carbocycles. The van der Waals surface area contributed by atoms with E-state index < -0.39 is 0 Å². The lowest BCUT2D eigenvalue weighted by molar-refractivity contribution is 0.0743. The van der Waals surface area contributed by atoms with Gasteiger partial charge in [-0.3, -0.25) is 4.79 Å². The minimum Gasteiger partial charge on any atom is -0.334 e. The molecule has 1 heterocycles. The fourth-order valence-electron chi connectivity index (χ4n) is 2.15. The molecule has 2 aromatic rings. The second-order valence-electron chi connectivity index (χ2n) is 4.90. The van der Waals surface area contributed by atoms with Crippen LogP contribution >= 0.6 is 11.6 Å². The number of carbonyl (C=O) groups excluding carboxylic acids is 1. The molecule has 0 atom stereocenters. The highest BCUT2D eigenvalue weighted by Gasteiger charge is 2.16. The van der Waals surface area contributed by atoms with Gasteiger partial charge in [0, 0.05) is 24.8 Å². The Hall–Kier alpha value is -2.38. The summed E-state index contributed by atoms with van der Waals surface area (Å²) in [5.41, 5.74) is 2.13. The molecule has 0 unspecified atom stereocenters. The molecule has 22 heavy (non-hydrogen) atoms. The quantitative estimate of drug-likeness (QED) is 0.791. The maximum atomic E-state index is 12.6. The lowest BCUT2D eigenvalue weighted by atomic mass is 10.1.